The zero-order valence-electron chi connectivity index (χ0n) is 14.6. The van der Waals surface area contributed by atoms with E-state index in [1.165, 1.54) is 12.0 Å². The Hall–Kier alpha value is -1.98. The number of ether oxygens (including phenoxy) is 2. The lowest BCUT2D eigenvalue weighted by Gasteiger charge is -2.18. The van der Waals surface area contributed by atoms with Gasteiger partial charge >= 0.3 is 20.7 Å². The summed E-state index contributed by atoms with van der Waals surface area (Å²) in [4.78, 5) is 25.0. The van der Waals surface area contributed by atoms with Gasteiger partial charge in [-0.1, -0.05) is 36.8 Å². The van der Waals surface area contributed by atoms with Crippen molar-refractivity contribution < 1.29 is 28.2 Å². The van der Waals surface area contributed by atoms with Gasteiger partial charge in [-0.15, -0.1) is 0 Å². The summed E-state index contributed by atoms with van der Waals surface area (Å²) in [5, 5.41) is 0. The first kappa shape index (κ1) is 21.1. The zero-order chi connectivity index (χ0) is 18.5. The molecule has 0 radical (unpaired) electrons. The van der Waals surface area contributed by atoms with Gasteiger partial charge in [0.2, 0.25) is 0 Å². The van der Waals surface area contributed by atoms with Crippen molar-refractivity contribution in [3.63, 3.8) is 0 Å². The first-order chi connectivity index (χ1) is 12.1. The predicted molar refractivity (Wildman–Crippen MR) is 92.2 cm³/mol. The highest BCUT2D eigenvalue weighted by atomic mass is 31.1. The van der Waals surface area contributed by atoms with E-state index in [2.05, 4.69) is 0 Å². The minimum atomic E-state index is -0.457. The van der Waals surface area contributed by atoms with Crippen LogP contribution in [0.25, 0.3) is 0 Å². The van der Waals surface area contributed by atoms with Crippen LogP contribution >= 0.6 is 8.69 Å². The zero-order valence-corrected chi connectivity index (χ0v) is 15.4. The van der Waals surface area contributed by atoms with E-state index < -0.39 is 14.6 Å². The summed E-state index contributed by atoms with van der Waals surface area (Å²) in [6, 6.07) is 9.47. The van der Waals surface area contributed by atoms with E-state index in [1.807, 2.05) is 30.3 Å². The number of carbonyl (C=O) groups excluding carboxylic acids is 2. The second-order valence-electron chi connectivity index (χ2n) is 5.55. The number of methoxy groups -OCH3 is 1. The van der Waals surface area contributed by atoms with Gasteiger partial charge in [-0.3, -0.25) is 9.32 Å². The Kier molecular flexibility index (Phi) is 10.4. The Balaban J connectivity index is 2.25. The maximum absolute atomic E-state index is 11.9. The van der Waals surface area contributed by atoms with Gasteiger partial charge < -0.3 is 14.4 Å². The normalized spacial score (nSPS) is 11.8. The lowest BCUT2D eigenvalue weighted by molar-refractivity contribution is -0.146. The van der Waals surface area contributed by atoms with Crippen LogP contribution in [-0.4, -0.2) is 44.3 Å². The Morgan fingerprint density at radius 2 is 1.92 bits per heavy atom. The number of nitrogens with zero attached hydrogens (tertiary/aromatic N) is 1. The molecule has 0 saturated carbocycles. The number of esters is 1. The summed E-state index contributed by atoms with van der Waals surface area (Å²) in [7, 11) is 2.52. The highest BCUT2D eigenvalue weighted by molar-refractivity contribution is 7.17. The lowest BCUT2D eigenvalue weighted by atomic mass is 10.0. The Labute approximate surface area is 149 Å². The summed E-state index contributed by atoms with van der Waals surface area (Å²) in [6.07, 6.45) is 1.56. The first-order valence-electron chi connectivity index (χ1n) is 8.02. The van der Waals surface area contributed by atoms with E-state index in [4.69, 9.17) is 14.0 Å². The molecule has 0 bridgehead atoms. The molecular weight excluding hydrogens is 345 g/mol. The molecular formula is C17H24NO6P. The average Bonchev–Trinajstić information content (AvgIpc) is 2.65. The molecule has 1 unspecified atom stereocenters. The molecule has 0 aliphatic heterocycles. The highest BCUT2D eigenvalue weighted by Gasteiger charge is 2.19. The number of hydrogen-bond donors (Lipinski definition) is 0. The number of hydrogen-bond acceptors (Lipinski definition) is 6. The molecule has 0 aliphatic rings. The molecule has 0 aromatic heterocycles. The van der Waals surface area contributed by atoms with Crippen molar-refractivity contribution in [3.05, 3.63) is 35.9 Å². The van der Waals surface area contributed by atoms with Crippen LogP contribution in [0.5, 0.6) is 0 Å². The van der Waals surface area contributed by atoms with Gasteiger partial charge in [0.1, 0.15) is 6.61 Å². The number of amides is 1. The predicted octanol–water partition coefficient (Wildman–Crippen LogP) is 3.44. The van der Waals surface area contributed by atoms with Gasteiger partial charge in [0.05, 0.1) is 19.6 Å². The van der Waals surface area contributed by atoms with E-state index in [9.17, 15) is 14.2 Å². The molecule has 0 aliphatic carbocycles. The Bertz CT molecular complexity index is 539. The van der Waals surface area contributed by atoms with Crippen molar-refractivity contribution in [1.82, 2.24) is 4.90 Å². The van der Waals surface area contributed by atoms with Crippen LogP contribution in [0.3, 0.4) is 0 Å². The van der Waals surface area contributed by atoms with Crippen LogP contribution in [0.4, 0.5) is 4.79 Å². The third-order valence-electron chi connectivity index (χ3n) is 3.68. The van der Waals surface area contributed by atoms with Gasteiger partial charge in [-0.25, -0.2) is 9.36 Å². The van der Waals surface area contributed by atoms with Crippen molar-refractivity contribution in [2.24, 2.45) is 5.92 Å². The largest absolute Gasteiger partial charge is 0.469 e. The fourth-order valence-electron chi connectivity index (χ4n) is 2.22. The fraction of sp³-hybridized carbons (Fsp3) is 0.529. The molecule has 138 valence electrons. The monoisotopic (exact) mass is 369 g/mol. The second kappa shape index (κ2) is 12.4. The number of carbonyl (C=O) groups is 2. The van der Waals surface area contributed by atoms with Gasteiger partial charge in [0.15, 0.2) is 0 Å². The number of rotatable bonds is 11. The van der Waals surface area contributed by atoms with E-state index >= 15 is 0 Å². The molecule has 0 spiro atoms. The van der Waals surface area contributed by atoms with Crippen molar-refractivity contribution in [2.75, 3.05) is 27.3 Å². The SMILES string of the molecule is COC(=O)C(CCCCN(C)C(=O)OCc1ccccc1)COP=O. The van der Waals surface area contributed by atoms with Gasteiger partial charge in [0.25, 0.3) is 0 Å². The van der Waals surface area contributed by atoms with Gasteiger partial charge in [-0.2, -0.15) is 0 Å². The molecule has 25 heavy (non-hydrogen) atoms. The summed E-state index contributed by atoms with van der Waals surface area (Å²) in [5.41, 5.74) is 0.933. The Morgan fingerprint density at radius 3 is 2.56 bits per heavy atom. The molecule has 1 aromatic carbocycles. The van der Waals surface area contributed by atoms with Crippen LogP contribution < -0.4 is 0 Å². The number of unbranched alkanes of at least 4 members (excludes halogenated alkanes) is 1. The van der Waals surface area contributed by atoms with Crippen molar-refractivity contribution in [1.29, 1.82) is 0 Å². The molecule has 0 N–H and O–H groups in total. The van der Waals surface area contributed by atoms with E-state index in [1.54, 1.807) is 7.05 Å². The molecule has 1 amide bonds. The molecule has 0 saturated heterocycles. The quantitative estimate of drug-likeness (QED) is 0.338. The summed E-state index contributed by atoms with van der Waals surface area (Å²) >= 11 is 0. The molecule has 1 rings (SSSR count). The third-order valence-corrected chi connectivity index (χ3v) is 3.93. The van der Waals surface area contributed by atoms with Crippen molar-refractivity contribution >= 4 is 20.7 Å². The van der Waals surface area contributed by atoms with E-state index in [0.717, 1.165) is 5.56 Å². The molecule has 0 fully saturated rings. The first-order valence-corrected chi connectivity index (χ1v) is 8.75. The van der Waals surface area contributed by atoms with Crippen molar-refractivity contribution in [2.45, 2.75) is 25.9 Å². The van der Waals surface area contributed by atoms with Gasteiger partial charge in [0, 0.05) is 13.6 Å². The number of benzene rings is 1. The van der Waals surface area contributed by atoms with Crippen LogP contribution in [0.2, 0.25) is 0 Å². The second-order valence-corrected chi connectivity index (χ2v) is 5.96. The lowest BCUT2D eigenvalue weighted by Crippen LogP contribution is -2.28. The minimum Gasteiger partial charge on any atom is -0.469 e. The van der Waals surface area contributed by atoms with Crippen LogP contribution in [-0.2, 0) is 30.0 Å². The van der Waals surface area contributed by atoms with Crippen LogP contribution in [0.1, 0.15) is 24.8 Å². The van der Waals surface area contributed by atoms with Crippen LogP contribution in [0.15, 0.2) is 30.3 Å². The minimum absolute atomic E-state index is 0.0483. The highest BCUT2D eigenvalue weighted by Crippen LogP contribution is 2.14. The molecule has 7 nitrogen and oxygen atoms in total. The molecule has 0 heterocycles. The average molecular weight is 369 g/mol. The van der Waals surface area contributed by atoms with Crippen LogP contribution in [0, 0.1) is 5.92 Å². The molecule has 8 heteroatoms. The standard InChI is InChI=1S/C17H24NO6P/c1-18(17(20)23-12-14-8-4-3-5-9-14)11-7-6-10-15(13-24-25-21)16(19)22-2/h3-5,8-9,15H,6-7,10-13H2,1-2H3. The topological polar surface area (TPSA) is 82.1 Å². The fourth-order valence-corrected chi connectivity index (χ4v) is 2.46. The van der Waals surface area contributed by atoms with Crippen molar-refractivity contribution in [3.8, 4) is 0 Å². The smallest absolute Gasteiger partial charge is 0.409 e. The summed E-state index contributed by atoms with van der Waals surface area (Å²) in [6.45, 7) is 0.801. The maximum Gasteiger partial charge on any atom is 0.409 e. The Morgan fingerprint density at radius 1 is 1.20 bits per heavy atom. The molecule has 1 aromatic rings. The van der Waals surface area contributed by atoms with Gasteiger partial charge in [-0.05, 0) is 18.4 Å². The van der Waals surface area contributed by atoms with E-state index in [0.29, 0.717) is 25.8 Å². The maximum atomic E-state index is 11.9. The summed E-state index contributed by atoms with van der Waals surface area (Å²) in [5.74, 6) is -0.846. The third kappa shape index (κ3) is 8.61. The molecule has 1 atom stereocenters. The van der Waals surface area contributed by atoms with E-state index in [-0.39, 0.29) is 25.3 Å². The summed E-state index contributed by atoms with van der Waals surface area (Å²) < 4.78 is 25.0.